The van der Waals surface area contributed by atoms with E-state index in [1.54, 1.807) is 30.3 Å². The molecule has 1 saturated heterocycles. The SMILES string of the molecule is Cc1ccc(/C(O)=C2/C(=O)C(=O)N(c3ncccn3)C2c2ccc([N+](=O)[O-])cc2)cc1. The number of aromatic nitrogens is 2. The molecular formula is C22H16N4O5. The van der Waals surface area contributed by atoms with Crippen LogP contribution < -0.4 is 4.90 Å². The third-order valence-corrected chi connectivity index (χ3v) is 4.96. The summed E-state index contributed by atoms with van der Waals surface area (Å²) in [5, 5.41) is 22.0. The van der Waals surface area contributed by atoms with Crippen molar-refractivity contribution < 1.29 is 19.6 Å². The van der Waals surface area contributed by atoms with Gasteiger partial charge in [-0.05, 0) is 30.7 Å². The van der Waals surface area contributed by atoms with Gasteiger partial charge in [0, 0.05) is 30.1 Å². The van der Waals surface area contributed by atoms with Gasteiger partial charge >= 0.3 is 5.91 Å². The summed E-state index contributed by atoms with van der Waals surface area (Å²) in [6.45, 7) is 1.88. The Morgan fingerprint density at radius 3 is 2.23 bits per heavy atom. The van der Waals surface area contributed by atoms with Gasteiger partial charge in [-0.3, -0.25) is 24.6 Å². The Morgan fingerprint density at radius 1 is 1.03 bits per heavy atom. The molecule has 2 aromatic carbocycles. The van der Waals surface area contributed by atoms with Crippen LogP contribution in [0.5, 0.6) is 0 Å². The molecule has 1 aliphatic heterocycles. The Balaban J connectivity index is 1.92. The Morgan fingerprint density at radius 2 is 1.65 bits per heavy atom. The molecule has 9 nitrogen and oxygen atoms in total. The quantitative estimate of drug-likeness (QED) is 0.227. The minimum atomic E-state index is -1.05. The van der Waals surface area contributed by atoms with Crippen molar-refractivity contribution >= 4 is 29.1 Å². The first kappa shape index (κ1) is 19.9. The average molecular weight is 416 g/mol. The van der Waals surface area contributed by atoms with E-state index in [9.17, 15) is 24.8 Å². The van der Waals surface area contributed by atoms with Gasteiger partial charge in [-0.15, -0.1) is 0 Å². The van der Waals surface area contributed by atoms with E-state index in [0.29, 0.717) is 11.1 Å². The van der Waals surface area contributed by atoms with Crippen molar-refractivity contribution in [2.75, 3.05) is 4.90 Å². The zero-order chi connectivity index (χ0) is 22.1. The number of Topliss-reactive ketones (excluding diaryl/α,β-unsaturated/α-hetero) is 1. The number of aliphatic hydroxyl groups is 1. The van der Waals surface area contributed by atoms with Gasteiger partial charge in [-0.2, -0.15) is 0 Å². The third kappa shape index (κ3) is 3.52. The molecule has 1 amide bonds. The van der Waals surface area contributed by atoms with Crippen molar-refractivity contribution in [2.24, 2.45) is 0 Å². The molecule has 1 fully saturated rings. The number of hydrogen-bond acceptors (Lipinski definition) is 7. The first-order valence-corrected chi connectivity index (χ1v) is 9.28. The molecule has 0 aliphatic carbocycles. The van der Waals surface area contributed by atoms with Gasteiger partial charge in [-0.25, -0.2) is 9.97 Å². The van der Waals surface area contributed by atoms with Crippen LogP contribution in [0.3, 0.4) is 0 Å². The van der Waals surface area contributed by atoms with Crippen LogP contribution in [0, 0.1) is 17.0 Å². The fraction of sp³-hybridized carbons (Fsp3) is 0.0909. The normalized spacial score (nSPS) is 17.7. The highest BCUT2D eigenvalue weighted by Gasteiger charge is 2.48. The zero-order valence-corrected chi connectivity index (χ0v) is 16.3. The lowest BCUT2D eigenvalue weighted by atomic mass is 9.95. The van der Waals surface area contributed by atoms with Gasteiger partial charge in [0.05, 0.1) is 16.5 Å². The molecule has 1 unspecified atom stereocenters. The van der Waals surface area contributed by atoms with Crippen molar-refractivity contribution in [2.45, 2.75) is 13.0 Å². The molecule has 0 bridgehead atoms. The van der Waals surface area contributed by atoms with Crippen LogP contribution in [0.1, 0.15) is 22.7 Å². The Kier molecular flexibility index (Phi) is 5.00. The molecule has 0 spiro atoms. The molecule has 31 heavy (non-hydrogen) atoms. The molecule has 9 heteroatoms. The van der Waals surface area contributed by atoms with Gasteiger partial charge in [0.2, 0.25) is 5.95 Å². The summed E-state index contributed by atoms with van der Waals surface area (Å²) < 4.78 is 0. The molecule has 0 saturated carbocycles. The number of nitrogens with zero attached hydrogens (tertiary/aromatic N) is 4. The van der Waals surface area contributed by atoms with E-state index in [1.165, 1.54) is 36.7 Å². The topological polar surface area (TPSA) is 127 Å². The van der Waals surface area contributed by atoms with Gasteiger partial charge in [0.1, 0.15) is 5.76 Å². The molecule has 0 radical (unpaired) electrons. The van der Waals surface area contributed by atoms with E-state index in [2.05, 4.69) is 9.97 Å². The number of hydrogen-bond donors (Lipinski definition) is 1. The van der Waals surface area contributed by atoms with Gasteiger partial charge < -0.3 is 5.11 Å². The molecular weight excluding hydrogens is 400 g/mol. The summed E-state index contributed by atoms with van der Waals surface area (Å²) in [5.74, 6) is -2.16. The molecule has 1 atom stereocenters. The summed E-state index contributed by atoms with van der Waals surface area (Å²) in [4.78, 5) is 45.6. The van der Waals surface area contributed by atoms with Crippen molar-refractivity contribution in [3.05, 3.63) is 99.4 Å². The number of rotatable bonds is 4. The van der Waals surface area contributed by atoms with E-state index in [0.717, 1.165) is 10.5 Å². The molecule has 1 N–H and O–H groups in total. The number of amides is 1. The lowest BCUT2D eigenvalue weighted by molar-refractivity contribution is -0.384. The average Bonchev–Trinajstić information content (AvgIpc) is 3.05. The van der Waals surface area contributed by atoms with E-state index >= 15 is 0 Å². The molecule has 154 valence electrons. The summed E-state index contributed by atoms with van der Waals surface area (Å²) in [5.41, 5.74) is 1.43. The largest absolute Gasteiger partial charge is 0.507 e. The number of non-ortho nitro benzene ring substituents is 1. The fourth-order valence-corrected chi connectivity index (χ4v) is 3.42. The van der Waals surface area contributed by atoms with Crippen molar-refractivity contribution in [3.8, 4) is 0 Å². The smallest absolute Gasteiger partial charge is 0.302 e. The highest BCUT2D eigenvalue weighted by Crippen LogP contribution is 2.41. The lowest BCUT2D eigenvalue weighted by Gasteiger charge is -2.23. The van der Waals surface area contributed by atoms with Crippen LogP contribution in [-0.2, 0) is 9.59 Å². The molecule has 4 rings (SSSR count). The summed E-state index contributed by atoms with van der Waals surface area (Å²) in [6.07, 6.45) is 2.85. The van der Waals surface area contributed by atoms with Crippen LogP contribution in [0.15, 0.2) is 72.6 Å². The second-order valence-electron chi connectivity index (χ2n) is 6.93. The number of aryl methyl sites for hydroxylation is 1. The molecule has 1 aromatic heterocycles. The first-order chi connectivity index (χ1) is 14.9. The lowest BCUT2D eigenvalue weighted by Crippen LogP contribution is -2.31. The first-order valence-electron chi connectivity index (χ1n) is 9.28. The van der Waals surface area contributed by atoms with E-state index < -0.39 is 22.7 Å². The Hall–Kier alpha value is -4.40. The number of nitro benzene ring substituents is 1. The Labute approximate surface area is 176 Å². The molecule has 1 aliphatic rings. The summed E-state index contributed by atoms with van der Waals surface area (Å²) in [7, 11) is 0. The standard InChI is InChI=1S/C22H16N4O5/c1-13-3-5-15(6-4-13)19(27)17-18(14-7-9-16(10-8-14)26(30)31)25(21(29)20(17)28)22-23-11-2-12-24-22/h2-12,18,27H,1H3/b19-17-. The number of carbonyl (C=O) groups excluding carboxylic acids is 2. The van der Waals surface area contributed by atoms with E-state index in [4.69, 9.17) is 0 Å². The maximum atomic E-state index is 13.0. The monoisotopic (exact) mass is 416 g/mol. The van der Waals surface area contributed by atoms with E-state index in [-0.39, 0.29) is 23.0 Å². The van der Waals surface area contributed by atoms with Crippen LogP contribution >= 0.6 is 0 Å². The third-order valence-electron chi connectivity index (χ3n) is 4.96. The molecule has 2 heterocycles. The van der Waals surface area contributed by atoms with Crippen LogP contribution in [0.25, 0.3) is 5.76 Å². The van der Waals surface area contributed by atoms with Crippen molar-refractivity contribution in [1.82, 2.24) is 9.97 Å². The van der Waals surface area contributed by atoms with E-state index in [1.807, 2.05) is 6.92 Å². The number of nitro groups is 1. The Bertz CT molecular complexity index is 1200. The minimum absolute atomic E-state index is 0.0177. The van der Waals surface area contributed by atoms with Crippen molar-refractivity contribution in [1.29, 1.82) is 0 Å². The summed E-state index contributed by atoms with van der Waals surface area (Å²) in [6, 6.07) is 12.8. The predicted molar refractivity (Wildman–Crippen MR) is 111 cm³/mol. The zero-order valence-electron chi connectivity index (χ0n) is 16.3. The number of anilines is 1. The van der Waals surface area contributed by atoms with Crippen molar-refractivity contribution in [3.63, 3.8) is 0 Å². The highest BCUT2D eigenvalue weighted by atomic mass is 16.6. The summed E-state index contributed by atoms with van der Waals surface area (Å²) >= 11 is 0. The van der Waals surface area contributed by atoms with Crippen LogP contribution in [0.4, 0.5) is 11.6 Å². The molecule has 3 aromatic rings. The number of benzene rings is 2. The fourth-order valence-electron chi connectivity index (χ4n) is 3.42. The minimum Gasteiger partial charge on any atom is -0.507 e. The second-order valence-corrected chi connectivity index (χ2v) is 6.93. The van der Waals surface area contributed by atoms with Gasteiger partial charge in [-0.1, -0.05) is 29.8 Å². The number of ketones is 1. The van der Waals surface area contributed by atoms with Gasteiger partial charge in [0.25, 0.3) is 11.5 Å². The number of aliphatic hydroxyl groups excluding tert-OH is 1. The maximum Gasteiger partial charge on any atom is 0.302 e. The number of carbonyl (C=O) groups is 2. The second kappa shape index (κ2) is 7.79. The predicted octanol–water partition coefficient (Wildman–Crippen LogP) is 3.32. The van der Waals surface area contributed by atoms with Gasteiger partial charge in [0.15, 0.2) is 0 Å². The maximum absolute atomic E-state index is 13.0. The highest BCUT2D eigenvalue weighted by molar-refractivity contribution is 6.51. The van der Waals surface area contributed by atoms with Crippen LogP contribution in [-0.4, -0.2) is 31.7 Å². The van der Waals surface area contributed by atoms with Crippen LogP contribution in [0.2, 0.25) is 0 Å².